The van der Waals surface area contributed by atoms with Crippen LogP contribution in [0, 0.1) is 6.92 Å². The van der Waals surface area contributed by atoms with E-state index in [2.05, 4.69) is 10.0 Å². The van der Waals surface area contributed by atoms with Crippen LogP contribution in [-0.2, 0) is 22.7 Å². The zero-order valence-corrected chi connectivity index (χ0v) is 16.4. The van der Waals surface area contributed by atoms with Gasteiger partial charge in [0.15, 0.2) is 0 Å². The molecular formula is C19H23F3N2O2S. The molecule has 148 valence electrons. The summed E-state index contributed by atoms with van der Waals surface area (Å²) in [6.07, 6.45) is -4.36. The van der Waals surface area contributed by atoms with Crippen molar-refractivity contribution in [2.75, 3.05) is 10.0 Å². The highest BCUT2D eigenvalue weighted by Crippen LogP contribution is 2.33. The number of sulfonamides is 1. The van der Waals surface area contributed by atoms with Gasteiger partial charge in [-0.2, -0.15) is 13.2 Å². The van der Waals surface area contributed by atoms with E-state index in [1.807, 2.05) is 0 Å². The van der Waals surface area contributed by atoms with Crippen molar-refractivity contribution in [3.8, 4) is 0 Å². The van der Waals surface area contributed by atoms with E-state index in [0.717, 1.165) is 11.6 Å². The number of hydrogen-bond acceptors (Lipinski definition) is 3. The smallest absolute Gasteiger partial charge is 0.381 e. The van der Waals surface area contributed by atoms with Crippen molar-refractivity contribution >= 4 is 21.4 Å². The molecule has 0 unspecified atom stereocenters. The van der Waals surface area contributed by atoms with Crippen molar-refractivity contribution in [3.63, 3.8) is 0 Å². The van der Waals surface area contributed by atoms with Gasteiger partial charge in [0, 0.05) is 17.9 Å². The summed E-state index contributed by atoms with van der Waals surface area (Å²) in [5.41, 5.74) is 1.41. The van der Waals surface area contributed by atoms with Crippen LogP contribution in [0.2, 0.25) is 0 Å². The summed E-state index contributed by atoms with van der Waals surface area (Å²) in [4.78, 5) is 0. The normalized spacial score (nSPS) is 12.7. The minimum Gasteiger partial charge on any atom is -0.381 e. The molecule has 0 aliphatic carbocycles. The quantitative estimate of drug-likeness (QED) is 0.728. The first-order valence-electron chi connectivity index (χ1n) is 8.33. The second-order valence-electron chi connectivity index (χ2n) is 7.30. The lowest BCUT2D eigenvalue weighted by Gasteiger charge is -2.20. The van der Waals surface area contributed by atoms with Crippen LogP contribution >= 0.6 is 0 Å². The predicted octanol–water partition coefficient (Wildman–Crippen LogP) is 5.17. The van der Waals surface area contributed by atoms with Crippen molar-refractivity contribution in [3.05, 3.63) is 59.2 Å². The molecule has 4 nitrogen and oxygen atoms in total. The Kier molecular flexibility index (Phi) is 5.79. The van der Waals surface area contributed by atoms with Gasteiger partial charge < -0.3 is 5.32 Å². The number of alkyl halides is 3. The van der Waals surface area contributed by atoms with Gasteiger partial charge in [-0.1, -0.05) is 12.1 Å². The Morgan fingerprint density at radius 3 is 1.96 bits per heavy atom. The van der Waals surface area contributed by atoms with Crippen molar-refractivity contribution in [1.29, 1.82) is 0 Å². The monoisotopic (exact) mass is 400 g/mol. The minimum absolute atomic E-state index is 0.152. The van der Waals surface area contributed by atoms with Crippen LogP contribution < -0.4 is 10.0 Å². The van der Waals surface area contributed by atoms with E-state index >= 15 is 0 Å². The number of benzene rings is 2. The van der Waals surface area contributed by atoms with E-state index in [1.54, 1.807) is 45.0 Å². The van der Waals surface area contributed by atoms with Crippen LogP contribution in [0.25, 0.3) is 0 Å². The number of anilines is 2. The number of rotatable bonds is 5. The summed E-state index contributed by atoms with van der Waals surface area (Å²) in [5, 5.41) is 3.07. The summed E-state index contributed by atoms with van der Waals surface area (Å²) in [5.74, 6) is 0. The molecule has 0 aliphatic heterocycles. The first-order chi connectivity index (χ1) is 12.3. The second kappa shape index (κ2) is 7.42. The maximum Gasteiger partial charge on any atom is 0.416 e. The Balaban J connectivity index is 2.03. The molecule has 0 spiro atoms. The van der Waals surface area contributed by atoms with Crippen molar-refractivity contribution in [2.24, 2.45) is 0 Å². The summed E-state index contributed by atoms with van der Waals surface area (Å²) in [6.45, 7) is 6.65. The Bertz CT molecular complexity index is 900. The van der Waals surface area contributed by atoms with Crippen LogP contribution in [0.5, 0.6) is 0 Å². The van der Waals surface area contributed by atoms with Gasteiger partial charge in [-0.05, 0) is 69.2 Å². The third-order valence-corrected chi connectivity index (χ3v) is 6.16. The van der Waals surface area contributed by atoms with E-state index in [1.165, 1.54) is 19.1 Å². The summed E-state index contributed by atoms with van der Waals surface area (Å²) >= 11 is 0. The molecular weight excluding hydrogens is 377 g/mol. The molecule has 2 N–H and O–H groups in total. The Hall–Kier alpha value is -2.22. The van der Waals surface area contributed by atoms with E-state index in [4.69, 9.17) is 0 Å². The fourth-order valence-electron chi connectivity index (χ4n) is 2.29. The van der Waals surface area contributed by atoms with Crippen molar-refractivity contribution in [2.45, 2.75) is 45.2 Å². The molecule has 0 bridgehead atoms. The van der Waals surface area contributed by atoms with Gasteiger partial charge in [-0.15, -0.1) is 0 Å². The van der Waals surface area contributed by atoms with Crippen LogP contribution in [0.4, 0.5) is 24.5 Å². The topological polar surface area (TPSA) is 58.2 Å². The fraction of sp³-hybridized carbons (Fsp3) is 0.368. The Morgan fingerprint density at radius 1 is 0.926 bits per heavy atom. The summed E-state index contributed by atoms with van der Waals surface area (Å²) in [6, 6.07) is 10.7. The second-order valence-corrected chi connectivity index (χ2v) is 9.73. The van der Waals surface area contributed by atoms with Gasteiger partial charge in [0.2, 0.25) is 10.0 Å². The average molecular weight is 400 g/mol. The number of nitrogens with one attached hydrogen (secondary N) is 2. The zero-order valence-electron chi connectivity index (χ0n) is 15.6. The highest BCUT2D eigenvalue weighted by molar-refractivity contribution is 7.94. The highest BCUT2D eigenvalue weighted by atomic mass is 32.2. The van der Waals surface area contributed by atoms with Crippen LogP contribution in [-0.4, -0.2) is 13.2 Å². The van der Waals surface area contributed by atoms with E-state index in [-0.39, 0.29) is 5.56 Å². The van der Waals surface area contributed by atoms with Crippen LogP contribution in [0.15, 0.2) is 42.5 Å². The third kappa shape index (κ3) is 5.38. The molecule has 8 heteroatoms. The maximum atomic E-state index is 12.8. The highest BCUT2D eigenvalue weighted by Gasteiger charge is 2.32. The van der Waals surface area contributed by atoms with Gasteiger partial charge in [0.05, 0.1) is 10.3 Å². The van der Waals surface area contributed by atoms with Crippen LogP contribution in [0.3, 0.4) is 0 Å². The molecule has 0 aliphatic rings. The molecule has 0 saturated carbocycles. The molecule has 0 amide bonds. The van der Waals surface area contributed by atoms with Gasteiger partial charge in [0.25, 0.3) is 0 Å². The van der Waals surface area contributed by atoms with E-state index < -0.39 is 26.5 Å². The lowest BCUT2D eigenvalue weighted by molar-refractivity contribution is -0.138. The van der Waals surface area contributed by atoms with E-state index in [9.17, 15) is 21.6 Å². The molecule has 2 aromatic carbocycles. The lowest BCUT2D eigenvalue weighted by Crippen LogP contribution is -2.33. The summed E-state index contributed by atoms with van der Waals surface area (Å²) in [7, 11) is -3.50. The lowest BCUT2D eigenvalue weighted by atomic mass is 10.1. The molecule has 0 atom stereocenters. The number of halogens is 3. The van der Waals surface area contributed by atoms with Gasteiger partial charge in [-0.3, -0.25) is 4.72 Å². The molecule has 2 rings (SSSR count). The van der Waals surface area contributed by atoms with Gasteiger partial charge in [-0.25, -0.2) is 8.42 Å². The molecule has 0 fully saturated rings. The van der Waals surface area contributed by atoms with Crippen LogP contribution in [0.1, 0.15) is 37.5 Å². The molecule has 2 aromatic rings. The maximum absolute atomic E-state index is 12.8. The first-order valence-corrected chi connectivity index (χ1v) is 9.81. The van der Waals surface area contributed by atoms with Gasteiger partial charge >= 0.3 is 6.18 Å². The average Bonchev–Trinajstić information content (AvgIpc) is 2.51. The van der Waals surface area contributed by atoms with Crippen molar-refractivity contribution in [1.82, 2.24) is 0 Å². The largest absolute Gasteiger partial charge is 0.416 e. The number of aryl methyl sites for hydroxylation is 1. The molecule has 0 saturated heterocycles. The minimum atomic E-state index is -4.36. The third-order valence-electron chi connectivity index (χ3n) is 4.04. The Morgan fingerprint density at radius 2 is 1.48 bits per heavy atom. The first kappa shape index (κ1) is 21.1. The standard InChI is InChI=1S/C19H23F3N2O2S/c1-13-11-16(9-10-17(13)19(20,21)22)23-12-14-5-7-15(8-6-14)24-27(25,26)18(2,3)4/h5-11,23-24H,12H2,1-4H3. The molecule has 0 radical (unpaired) electrons. The molecule has 27 heavy (non-hydrogen) atoms. The zero-order chi connectivity index (χ0) is 20.5. The predicted molar refractivity (Wildman–Crippen MR) is 102 cm³/mol. The number of hydrogen-bond donors (Lipinski definition) is 2. The van der Waals surface area contributed by atoms with Crippen molar-refractivity contribution < 1.29 is 21.6 Å². The fourth-order valence-corrected chi connectivity index (χ4v) is 3.05. The summed E-state index contributed by atoms with van der Waals surface area (Å²) < 4.78 is 64.3. The van der Waals surface area contributed by atoms with Gasteiger partial charge in [0.1, 0.15) is 0 Å². The Labute approximate surface area is 157 Å². The molecule has 0 heterocycles. The SMILES string of the molecule is Cc1cc(NCc2ccc(NS(=O)(=O)C(C)(C)C)cc2)ccc1C(F)(F)F. The molecule has 0 aromatic heterocycles. The van der Waals surface area contributed by atoms with E-state index in [0.29, 0.717) is 17.9 Å².